The van der Waals surface area contributed by atoms with Gasteiger partial charge in [-0.15, -0.1) is 13.2 Å². The van der Waals surface area contributed by atoms with Crippen LogP contribution in [0.25, 0.3) is 0 Å². The summed E-state index contributed by atoms with van der Waals surface area (Å²) in [7, 11) is 0. The number of carbonyl (C=O) groups is 1. The van der Waals surface area contributed by atoms with Gasteiger partial charge < -0.3 is 14.4 Å². The van der Waals surface area contributed by atoms with Crippen LogP contribution in [0.15, 0.2) is 84.9 Å². The topological polar surface area (TPSA) is 38.8 Å². The van der Waals surface area contributed by atoms with Crippen molar-refractivity contribution in [3.05, 3.63) is 102 Å². The number of rotatable bonds is 7. The van der Waals surface area contributed by atoms with Crippen LogP contribution < -0.4 is 4.74 Å². The van der Waals surface area contributed by atoms with E-state index in [0.717, 1.165) is 11.1 Å². The summed E-state index contributed by atoms with van der Waals surface area (Å²) in [5.74, 6) is -0.217. The lowest BCUT2D eigenvalue weighted by Gasteiger charge is -2.21. The molecule has 1 fully saturated rings. The molecule has 1 aliphatic heterocycles. The largest absolute Gasteiger partial charge is 0.573 e. The molecule has 0 spiro atoms. The summed E-state index contributed by atoms with van der Waals surface area (Å²) in [4.78, 5) is 14.0. The number of ether oxygens (including phenoxy) is 2. The van der Waals surface area contributed by atoms with E-state index in [1.807, 2.05) is 36.4 Å². The minimum Gasteiger partial charge on any atom is -0.444 e. The van der Waals surface area contributed by atoms with Gasteiger partial charge in [0.25, 0.3) is 0 Å². The molecule has 4 rings (SSSR count). The van der Waals surface area contributed by atoms with Crippen LogP contribution >= 0.6 is 0 Å². The number of nitrogens with zero attached hydrogens (tertiary/aromatic N) is 1. The first-order valence-electron chi connectivity index (χ1n) is 10.3. The Morgan fingerprint density at radius 1 is 0.906 bits per heavy atom. The molecule has 0 unspecified atom stereocenters. The van der Waals surface area contributed by atoms with E-state index in [1.54, 1.807) is 4.90 Å². The third kappa shape index (κ3) is 5.60. The number of alkyl halides is 3. The van der Waals surface area contributed by atoms with Crippen molar-refractivity contribution in [3.8, 4) is 5.75 Å². The molecule has 4 nitrogen and oxygen atoms in total. The van der Waals surface area contributed by atoms with Crippen LogP contribution in [0.5, 0.6) is 5.75 Å². The molecule has 1 aliphatic rings. The van der Waals surface area contributed by atoms with Gasteiger partial charge in [0, 0.05) is 12.5 Å². The van der Waals surface area contributed by atoms with Crippen molar-refractivity contribution in [2.75, 3.05) is 6.54 Å². The van der Waals surface area contributed by atoms with Crippen LogP contribution in [0.3, 0.4) is 0 Å². The van der Waals surface area contributed by atoms with Crippen molar-refractivity contribution >= 4 is 6.09 Å². The average Bonchev–Trinajstić information content (AvgIpc) is 3.12. The van der Waals surface area contributed by atoms with Gasteiger partial charge in [-0.3, -0.25) is 0 Å². The number of hydrogen-bond donors (Lipinski definition) is 0. The van der Waals surface area contributed by atoms with Crippen LogP contribution in [0.1, 0.15) is 29.0 Å². The van der Waals surface area contributed by atoms with Crippen molar-refractivity contribution in [1.82, 2.24) is 4.90 Å². The van der Waals surface area contributed by atoms with Crippen LogP contribution in [0.4, 0.5) is 18.0 Å². The molecule has 166 valence electrons. The van der Waals surface area contributed by atoms with Gasteiger partial charge >= 0.3 is 12.5 Å². The number of benzene rings is 3. The highest BCUT2D eigenvalue weighted by atomic mass is 19.4. The Kier molecular flexibility index (Phi) is 6.35. The van der Waals surface area contributed by atoms with Gasteiger partial charge in [-0.1, -0.05) is 72.8 Å². The predicted molar refractivity (Wildman–Crippen MR) is 113 cm³/mol. The molecule has 0 bridgehead atoms. The van der Waals surface area contributed by atoms with Crippen molar-refractivity contribution in [2.45, 2.75) is 31.3 Å². The molecule has 1 amide bonds. The van der Waals surface area contributed by atoms with Crippen molar-refractivity contribution in [2.24, 2.45) is 0 Å². The molecule has 3 aromatic rings. The fraction of sp³-hybridized carbons (Fsp3) is 0.240. The maximum absolute atomic E-state index is 12.4. The number of carbonyl (C=O) groups excluding carboxylic acids is 1. The summed E-state index contributed by atoms with van der Waals surface area (Å²) in [5, 5.41) is 0. The second-order valence-corrected chi connectivity index (χ2v) is 7.69. The van der Waals surface area contributed by atoms with Crippen molar-refractivity contribution in [1.29, 1.82) is 0 Å². The highest BCUT2D eigenvalue weighted by Crippen LogP contribution is 2.32. The number of cyclic esters (lactones) is 1. The SMILES string of the molecule is O=C1O[C@H](CC(c2ccccc2)c2ccccc2)CN1Cc1ccc(OC(F)(F)F)cc1. The van der Waals surface area contributed by atoms with E-state index in [9.17, 15) is 18.0 Å². The average molecular weight is 441 g/mol. The number of halogens is 3. The Morgan fingerprint density at radius 2 is 1.47 bits per heavy atom. The molecular weight excluding hydrogens is 419 g/mol. The quantitative estimate of drug-likeness (QED) is 0.443. The summed E-state index contributed by atoms with van der Waals surface area (Å²) in [6.45, 7) is 0.665. The lowest BCUT2D eigenvalue weighted by Crippen LogP contribution is -2.25. The number of hydrogen-bond acceptors (Lipinski definition) is 3. The van der Waals surface area contributed by atoms with E-state index in [-0.39, 0.29) is 24.3 Å². The zero-order chi connectivity index (χ0) is 22.6. The van der Waals surface area contributed by atoms with Crippen LogP contribution in [0.2, 0.25) is 0 Å². The Labute approximate surface area is 184 Å². The molecule has 0 saturated carbocycles. The van der Waals surface area contributed by atoms with Gasteiger partial charge in [-0.25, -0.2) is 4.79 Å². The fourth-order valence-corrected chi connectivity index (χ4v) is 3.94. The fourth-order valence-electron chi connectivity index (χ4n) is 3.94. The monoisotopic (exact) mass is 441 g/mol. The third-order valence-corrected chi connectivity index (χ3v) is 5.38. The van der Waals surface area contributed by atoms with Gasteiger partial charge in [-0.2, -0.15) is 0 Å². The van der Waals surface area contributed by atoms with Crippen molar-refractivity contribution < 1.29 is 27.4 Å². The molecule has 0 radical (unpaired) electrons. The van der Waals surface area contributed by atoms with Gasteiger partial charge in [0.05, 0.1) is 6.54 Å². The number of amides is 1. The molecule has 0 aliphatic carbocycles. The summed E-state index contributed by atoms with van der Waals surface area (Å²) >= 11 is 0. The van der Waals surface area contributed by atoms with Crippen LogP contribution in [0, 0.1) is 0 Å². The minimum atomic E-state index is -4.73. The molecule has 32 heavy (non-hydrogen) atoms. The van der Waals surface area contributed by atoms with Gasteiger partial charge in [0.2, 0.25) is 0 Å². The van der Waals surface area contributed by atoms with Crippen LogP contribution in [-0.2, 0) is 11.3 Å². The first-order valence-corrected chi connectivity index (χ1v) is 10.3. The first-order chi connectivity index (χ1) is 15.4. The highest BCUT2D eigenvalue weighted by molar-refractivity contribution is 5.70. The molecule has 1 atom stereocenters. The summed E-state index contributed by atoms with van der Waals surface area (Å²) in [5.41, 5.74) is 2.99. The smallest absolute Gasteiger partial charge is 0.444 e. The highest BCUT2D eigenvalue weighted by Gasteiger charge is 2.34. The minimum absolute atomic E-state index is 0.0777. The third-order valence-electron chi connectivity index (χ3n) is 5.38. The molecular formula is C25H22F3NO3. The van der Waals surface area contributed by atoms with E-state index < -0.39 is 12.5 Å². The molecule has 1 heterocycles. The molecule has 7 heteroatoms. The Bertz CT molecular complexity index is 984. The van der Waals surface area contributed by atoms with Gasteiger partial charge in [0.15, 0.2) is 0 Å². The second kappa shape index (κ2) is 9.34. The maximum atomic E-state index is 12.4. The maximum Gasteiger partial charge on any atom is 0.573 e. The molecule has 0 aromatic heterocycles. The van der Waals surface area contributed by atoms with E-state index in [1.165, 1.54) is 24.3 Å². The predicted octanol–water partition coefficient (Wildman–Crippen LogP) is 6.13. The Hall–Kier alpha value is -3.48. The Morgan fingerprint density at radius 3 is 2.00 bits per heavy atom. The standard InChI is InChI=1S/C25H22F3NO3/c26-25(27,28)32-21-13-11-18(12-14-21)16-29-17-22(31-24(29)30)15-23(19-7-3-1-4-8-19)20-9-5-2-6-10-20/h1-14,22-23H,15-17H2/t22-/m1/s1. The van der Waals surface area contributed by atoms with E-state index in [0.29, 0.717) is 18.5 Å². The first kappa shape index (κ1) is 21.7. The van der Waals surface area contributed by atoms with Gasteiger partial charge in [0.1, 0.15) is 11.9 Å². The van der Waals surface area contributed by atoms with E-state index in [2.05, 4.69) is 29.0 Å². The van der Waals surface area contributed by atoms with E-state index >= 15 is 0 Å². The lowest BCUT2D eigenvalue weighted by molar-refractivity contribution is -0.274. The molecule has 3 aromatic carbocycles. The molecule has 1 saturated heterocycles. The zero-order valence-corrected chi connectivity index (χ0v) is 17.2. The summed E-state index contributed by atoms with van der Waals surface area (Å²) in [6.07, 6.45) is -4.82. The van der Waals surface area contributed by atoms with Crippen LogP contribution in [-0.4, -0.2) is 30.0 Å². The van der Waals surface area contributed by atoms with E-state index in [4.69, 9.17) is 4.74 Å². The normalized spacial score (nSPS) is 16.3. The van der Waals surface area contributed by atoms with Gasteiger partial charge in [-0.05, 0) is 35.2 Å². The summed E-state index contributed by atoms with van der Waals surface area (Å²) in [6, 6.07) is 25.7. The lowest BCUT2D eigenvalue weighted by atomic mass is 9.86. The second-order valence-electron chi connectivity index (χ2n) is 7.69. The zero-order valence-electron chi connectivity index (χ0n) is 17.2. The van der Waals surface area contributed by atoms with Crippen molar-refractivity contribution in [3.63, 3.8) is 0 Å². The molecule has 0 N–H and O–H groups in total. The Balaban J connectivity index is 1.42. The summed E-state index contributed by atoms with van der Waals surface area (Å²) < 4.78 is 46.5.